The second-order valence-electron chi connectivity index (χ2n) is 6.13. The predicted molar refractivity (Wildman–Crippen MR) is 120 cm³/mol. The zero-order chi connectivity index (χ0) is 22.0. The van der Waals surface area contributed by atoms with Crippen molar-refractivity contribution in [2.24, 2.45) is 5.10 Å². The number of para-hydroxylation sites is 1. The molecule has 0 aliphatic rings. The molecule has 0 unspecified atom stereocenters. The van der Waals surface area contributed by atoms with E-state index < -0.39 is 10.7 Å². The molecule has 0 fully saturated rings. The Hall–Kier alpha value is -3.27. The van der Waals surface area contributed by atoms with Gasteiger partial charge in [-0.2, -0.15) is 5.10 Å². The number of rotatable bonds is 6. The molecule has 0 atom stereocenters. The van der Waals surface area contributed by atoms with E-state index in [1.54, 1.807) is 35.7 Å². The zero-order valence-corrected chi connectivity index (χ0v) is 17.7. The van der Waals surface area contributed by atoms with E-state index in [4.69, 9.17) is 27.6 Å². The predicted octanol–water partition coefficient (Wildman–Crippen LogP) is 6.87. The smallest absolute Gasteiger partial charge is 0.280 e. The van der Waals surface area contributed by atoms with Gasteiger partial charge in [0.2, 0.25) is 5.13 Å². The molecule has 2 heterocycles. The molecule has 2 aromatic carbocycles. The van der Waals surface area contributed by atoms with Crippen molar-refractivity contribution in [2.75, 3.05) is 5.43 Å². The fourth-order valence-corrected chi connectivity index (χ4v) is 3.87. The third kappa shape index (κ3) is 4.58. The van der Waals surface area contributed by atoms with Gasteiger partial charge in [0.05, 0.1) is 32.4 Å². The Morgan fingerprint density at radius 2 is 1.97 bits per heavy atom. The van der Waals surface area contributed by atoms with E-state index in [1.807, 2.05) is 0 Å². The van der Waals surface area contributed by atoms with Crippen LogP contribution in [0.3, 0.4) is 0 Å². The lowest BCUT2D eigenvalue weighted by Crippen LogP contribution is -1.91. The fraction of sp³-hybridized carbons (Fsp3) is 0. The van der Waals surface area contributed by atoms with E-state index in [2.05, 4.69) is 15.5 Å². The summed E-state index contributed by atoms with van der Waals surface area (Å²) in [6.45, 7) is 0. The maximum atomic E-state index is 13.7. The van der Waals surface area contributed by atoms with E-state index >= 15 is 0 Å². The Morgan fingerprint density at radius 3 is 2.77 bits per heavy atom. The highest BCUT2D eigenvalue weighted by molar-refractivity contribution is 7.14. The van der Waals surface area contributed by atoms with E-state index in [-0.39, 0.29) is 15.7 Å². The van der Waals surface area contributed by atoms with E-state index in [0.717, 1.165) is 0 Å². The summed E-state index contributed by atoms with van der Waals surface area (Å²) in [5.41, 5.74) is 3.96. The molecular weight excluding hydrogens is 466 g/mol. The Labute approximate surface area is 188 Å². The van der Waals surface area contributed by atoms with Crippen LogP contribution in [-0.4, -0.2) is 16.1 Å². The number of hydrazone groups is 1. The van der Waals surface area contributed by atoms with Crippen LogP contribution in [0.2, 0.25) is 10.0 Å². The fourth-order valence-electron chi connectivity index (χ4n) is 2.73. The number of halogens is 3. The van der Waals surface area contributed by atoms with E-state index in [9.17, 15) is 14.5 Å². The Morgan fingerprint density at radius 1 is 1.16 bits per heavy atom. The number of benzene rings is 2. The number of anilines is 1. The molecule has 0 spiro atoms. The lowest BCUT2D eigenvalue weighted by molar-refractivity contribution is -0.384. The standard InChI is InChI=1S/C20H11Cl2FN4O3S/c21-14-8-15(22)16(23)7-13(14)17-10-31-20(25-17)26-24-9-11-5-6-19(30-11)12-3-1-2-4-18(12)27(28)29/h1-10H,(H,25,26)/b24-9+. The summed E-state index contributed by atoms with van der Waals surface area (Å²) in [5.74, 6) is 0.152. The number of aromatic nitrogens is 1. The largest absolute Gasteiger partial charge is 0.455 e. The van der Waals surface area contributed by atoms with Crippen LogP contribution in [0, 0.1) is 15.9 Å². The minimum Gasteiger partial charge on any atom is -0.455 e. The number of nitrogens with zero attached hydrogens (tertiary/aromatic N) is 3. The van der Waals surface area contributed by atoms with Crippen molar-refractivity contribution in [1.82, 2.24) is 4.98 Å². The summed E-state index contributed by atoms with van der Waals surface area (Å²) in [7, 11) is 0. The first kappa shape index (κ1) is 21.0. The first-order valence-electron chi connectivity index (χ1n) is 8.65. The molecule has 11 heteroatoms. The van der Waals surface area contributed by atoms with Crippen molar-refractivity contribution in [3.8, 4) is 22.6 Å². The molecule has 0 radical (unpaired) electrons. The highest BCUT2D eigenvalue weighted by atomic mass is 35.5. The van der Waals surface area contributed by atoms with Crippen LogP contribution in [0.4, 0.5) is 15.2 Å². The average molecular weight is 477 g/mol. The second kappa shape index (κ2) is 8.84. The lowest BCUT2D eigenvalue weighted by atomic mass is 10.1. The minimum atomic E-state index is -0.589. The van der Waals surface area contributed by atoms with Gasteiger partial charge in [-0.25, -0.2) is 9.37 Å². The van der Waals surface area contributed by atoms with Gasteiger partial charge in [-0.05, 0) is 30.3 Å². The quantitative estimate of drug-likeness (QED) is 0.142. The molecule has 31 heavy (non-hydrogen) atoms. The van der Waals surface area contributed by atoms with Gasteiger partial charge in [0.1, 0.15) is 17.3 Å². The Bertz CT molecular complexity index is 1310. The van der Waals surface area contributed by atoms with Crippen LogP contribution in [0.5, 0.6) is 0 Å². The molecule has 0 saturated heterocycles. The summed E-state index contributed by atoms with van der Waals surface area (Å²) in [5, 5.41) is 17.6. The summed E-state index contributed by atoms with van der Waals surface area (Å²) < 4.78 is 19.4. The molecule has 0 aliphatic heterocycles. The van der Waals surface area contributed by atoms with Gasteiger partial charge < -0.3 is 4.42 Å². The van der Waals surface area contributed by atoms with Crippen LogP contribution >= 0.6 is 34.5 Å². The minimum absolute atomic E-state index is 0.0499. The molecular formula is C20H11Cl2FN4O3S. The van der Waals surface area contributed by atoms with Gasteiger partial charge in [0.15, 0.2) is 0 Å². The summed E-state index contributed by atoms with van der Waals surface area (Å²) in [6, 6.07) is 12.1. The van der Waals surface area contributed by atoms with Gasteiger partial charge in [-0.15, -0.1) is 11.3 Å². The molecule has 0 amide bonds. The van der Waals surface area contributed by atoms with E-state index in [0.29, 0.717) is 33.5 Å². The number of thiazole rings is 1. The van der Waals surface area contributed by atoms with Crippen molar-refractivity contribution in [2.45, 2.75) is 0 Å². The maximum absolute atomic E-state index is 13.7. The van der Waals surface area contributed by atoms with Gasteiger partial charge in [0.25, 0.3) is 5.69 Å². The zero-order valence-electron chi connectivity index (χ0n) is 15.4. The number of nitro groups is 1. The highest BCUT2D eigenvalue weighted by Crippen LogP contribution is 2.34. The number of nitro benzene ring substituents is 1. The topological polar surface area (TPSA) is 93.6 Å². The summed E-state index contributed by atoms with van der Waals surface area (Å²) in [4.78, 5) is 15.0. The normalized spacial score (nSPS) is 11.2. The van der Waals surface area contributed by atoms with Crippen molar-refractivity contribution < 1.29 is 13.7 Å². The molecule has 0 aliphatic carbocycles. The molecule has 2 aromatic heterocycles. The van der Waals surface area contributed by atoms with Crippen molar-refractivity contribution in [3.63, 3.8) is 0 Å². The molecule has 1 N–H and O–H groups in total. The number of furan rings is 1. The molecule has 4 aromatic rings. The van der Waals surface area contributed by atoms with Gasteiger partial charge in [-0.3, -0.25) is 15.5 Å². The monoisotopic (exact) mass is 476 g/mol. The van der Waals surface area contributed by atoms with Crippen LogP contribution < -0.4 is 5.43 Å². The number of hydrogen-bond donors (Lipinski definition) is 1. The van der Waals surface area contributed by atoms with Crippen LogP contribution in [0.1, 0.15) is 5.76 Å². The van der Waals surface area contributed by atoms with Crippen molar-refractivity contribution >= 4 is 51.6 Å². The second-order valence-corrected chi connectivity index (χ2v) is 7.80. The first-order valence-corrected chi connectivity index (χ1v) is 10.3. The Kier molecular flexibility index (Phi) is 5.99. The summed E-state index contributed by atoms with van der Waals surface area (Å²) >= 11 is 13.1. The Balaban J connectivity index is 1.48. The van der Waals surface area contributed by atoms with Crippen molar-refractivity contribution in [1.29, 1.82) is 0 Å². The van der Waals surface area contributed by atoms with Crippen molar-refractivity contribution in [3.05, 3.63) is 85.6 Å². The summed E-state index contributed by atoms with van der Waals surface area (Å²) in [6.07, 6.45) is 1.41. The maximum Gasteiger partial charge on any atom is 0.280 e. The number of nitrogens with one attached hydrogen (secondary N) is 1. The molecule has 0 saturated carbocycles. The third-order valence-electron chi connectivity index (χ3n) is 4.14. The molecule has 4 rings (SSSR count). The molecule has 7 nitrogen and oxygen atoms in total. The van der Waals surface area contributed by atoms with Gasteiger partial charge in [0, 0.05) is 17.0 Å². The van der Waals surface area contributed by atoms with Gasteiger partial charge in [-0.1, -0.05) is 35.3 Å². The van der Waals surface area contributed by atoms with E-state index in [1.165, 1.54) is 35.8 Å². The molecule has 156 valence electrons. The number of hydrogen-bond acceptors (Lipinski definition) is 7. The van der Waals surface area contributed by atoms with Gasteiger partial charge >= 0.3 is 0 Å². The third-order valence-corrected chi connectivity index (χ3v) is 5.48. The van der Waals surface area contributed by atoms with Crippen LogP contribution in [0.15, 0.2) is 63.4 Å². The molecule has 0 bridgehead atoms. The van der Waals surface area contributed by atoms with Crippen LogP contribution in [-0.2, 0) is 0 Å². The first-order chi connectivity index (χ1) is 14.9. The average Bonchev–Trinajstić information content (AvgIpc) is 3.41. The SMILES string of the molecule is O=[N+]([O-])c1ccccc1-c1ccc(/C=N/Nc2nc(-c3cc(F)c(Cl)cc3Cl)cs2)o1. The lowest BCUT2D eigenvalue weighted by Gasteiger charge is -2.02. The van der Waals surface area contributed by atoms with Crippen LogP contribution in [0.25, 0.3) is 22.6 Å². The highest BCUT2D eigenvalue weighted by Gasteiger charge is 2.17.